The van der Waals surface area contributed by atoms with Gasteiger partial charge in [-0.25, -0.2) is 9.97 Å². The number of pyridine rings is 2. The SMILES string of the molecule is C#CCCCCCN(c1ccccn1)c1ccccn1. The van der Waals surface area contributed by atoms with Gasteiger partial charge in [-0.2, -0.15) is 0 Å². The van der Waals surface area contributed by atoms with E-state index >= 15 is 0 Å². The number of hydrogen-bond acceptors (Lipinski definition) is 3. The van der Waals surface area contributed by atoms with E-state index in [4.69, 9.17) is 6.42 Å². The molecule has 2 aromatic heterocycles. The Morgan fingerprint density at radius 3 is 2.05 bits per heavy atom. The minimum Gasteiger partial charge on any atom is -0.311 e. The highest BCUT2D eigenvalue weighted by molar-refractivity contribution is 5.55. The fraction of sp³-hybridized carbons (Fsp3) is 0.294. The molecule has 3 heteroatoms. The quantitative estimate of drug-likeness (QED) is 0.563. The van der Waals surface area contributed by atoms with E-state index in [0.29, 0.717) is 0 Å². The van der Waals surface area contributed by atoms with Gasteiger partial charge in [0.1, 0.15) is 11.6 Å². The molecule has 0 amide bonds. The highest BCUT2D eigenvalue weighted by Gasteiger charge is 2.10. The van der Waals surface area contributed by atoms with Crippen LogP contribution >= 0.6 is 0 Å². The van der Waals surface area contributed by atoms with Crippen LogP contribution in [0.5, 0.6) is 0 Å². The number of hydrogen-bond donors (Lipinski definition) is 0. The number of nitrogens with zero attached hydrogens (tertiary/aromatic N) is 3. The Hall–Kier alpha value is -2.34. The van der Waals surface area contributed by atoms with Crippen LogP contribution in [0.15, 0.2) is 48.8 Å². The number of terminal acetylenes is 1. The standard InChI is InChI=1S/C17H19N3/c1-2-3-4-5-10-15-20(16-11-6-8-13-18-16)17-12-7-9-14-19-17/h1,6-9,11-14H,3-5,10,15H2. The van der Waals surface area contributed by atoms with Crippen LogP contribution in [0.1, 0.15) is 25.7 Å². The molecule has 0 aliphatic heterocycles. The van der Waals surface area contributed by atoms with Gasteiger partial charge in [-0.1, -0.05) is 18.6 Å². The van der Waals surface area contributed by atoms with Crippen molar-refractivity contribution in [3.8, 4) is 12.3 Å². The van der Waals surface area contributed by atoms with Crippen LogP contribution < -0.4 is 4.90 Å². The van der Waals surface area contributed by atoms with E-state index in [-0.39, 0.29) is 0 Å². The second kappa shape index (κ2) is 7.96. The molecule has 2 heterocycles. The number of unbranched alkanes of at least 4 members (excludes halogenated alkanes) is 3. The highest BCUT2D eigenvalue weighted by atomic mass is 15.2. The summed E-state index contributed by atoms with van der Waals surface area (Å²) >= 11 is 0. The Morgan fingerprint density at radius 2 is 1.55 bits per heavy atom. The van der Waals surface area contributed by atoms with Gasteiger partial charge in [0, 0.05) is 25.4 Å². The summed E-state index contributed by atoms with van der Waals surface area (Å²) in [5, 5.41) is 0. The predicted octanol–water partition coefficient (Wildman–Crippen LogP) is 3.81. The van der Waals surface area contributed by atoms with Gasteiger partial charge in [-0.3, -0.25) is 0 Å². The third-order valence-electron chi connectivity index (χ3n) is 3.05. The predicted molar refractivity (Wildman–Crippen MR) is 82.8 cm³/mol. The Kier molecular flexibility index (Phi) is 5.60. The molecule has 2 rings (SSSR count). The van der Waals surface area contributed by atoms with E-state index in [2.05, 4.69) is 20.8 Å². The van der Waals surface area contributed by atoms with E-state index in [1.165, 1.54) is 0 Å². The third-order valence-corrected chi connectivity index (χ3v) is 3.05. The van der Waals surface area contributed by atoms with Crippen LogP contribution in [0, 0.1) is 12.3 Å². The van der Waals surface area contributed by atoms with Crippen LogP contribution in [0.4, 0.5) is 11.6 Å². The van der Waals surface area contributed by atoms with Crippen LogP contribution in [-0.4, -0.2) is 16.5 Å². The zero-order valence-electron chi connectivity index (χ0n) is 11.6. The number of aromatic nitrogens is 2. The monoisotopic (exact) mass is 265 g/mol. The largest absolute Gasteiger partial charge is 0.311 e. The fourth-order valence-electron chi connectivity index (χ4n) is 2.05. The van der Waals surface area contributed by atoms with Crippen molar-refractivity contribution in [1.29, 1.82) is 0 Å². The molecule has 2 aromatic rings. The minimum absolute atomic E-state index is 0.854. The second-order valence-electron chi connectivity index (χ2n) is 4.54. The first kappa shape index (κ1) is 14.1. The summed E-state index contributed by atoms with van der Waals surface area (Å²) in [5.74, 6) is 4.55. The zero-order valence-corrected chi connectivity index (χ0v) is 11.6. The van der Waals surface area contributed by atoms with Crippen LogP contribution in [0.3, 0.4) is 0 Å². The van der Waals surface area contributed by atoms with Crippen molar-refractivity contribution in [2.24, 2.45) is 0 Å². The van der Waals surface area contributed by atoms with Gasteiger partial charge < -0.3 is 4.90 Å². The first-order valence-corrected chi connectivity index (χ1v) is 6.95. The van der Waals surface area contributed by atoms with Gasteiger partial charge >= 0.3 is 0 Å². The van der Waals surface area contributed by atoms with Crippen molar-refractivity contribution >= 4 is 11.6 Å². The normalized spacial score (nSPS) is 9.95. The smallest absolute Gasteiger partial charge is 0.134 e. The minimum atomic E-state index is 0.854. The lowest BCUT2D eigenvalue weighted by molar-refractivity contribution is 0.688. The molecule has 0 bridgehead atoms. The Bertz CT molecular complexity index is 492. The molecule has 0 spiro atoms. The first-order valence-electron chi connectivity index (χ1n) is 6.95. The van der Waals surface area contributed by atoms with Crippen LogP contribution in [-0.2, 0) is 0 Å². The molecule has 102 valence electrons. The molecule has 0 aliphatic carbocycles. The highest BCUT2D eigenvalue weighted by Crippen LogP contribution is 2.21. The molecule has 0 atom stereocenters. The summed E-state index contributed by atoms with van der Waals surface area (Å²) < 4.78 is 0. The second-order valence-corrected chi connectivity index (χ2v) is 4.54. The molecular formula is C17H19N3. The Labute approximate surface area is 120 Å². The van der Waals surface area contributed by atoms with E-state index in [1.807, 2.05) is 48.8 Å². The lowest BCUT2D eigenvalue weighted by Gasteiger charge is -2.22. The topological polar surface area (TPSA) is 29.0 Å². The van der Waals surface area contributed by atoms with Gasteiger partial charge in [0.2, 0.25) is 0 Å². The molecular weight excluding hydrogens is 246 g/mol. The van der Waals surface area contributed by atoms with Gasteiger partial charge in [0.05, 0.1) is 0 Å². The molecule has 0 saturated heterocycles. The molecule has 0 fully saturated rings. The van der Waals surface area contributed by atoms with Crippen molar-refractivity contribution < 1.29 is 0 Å². The van der Waals surface area contributed by atoms with E-state index in [1.54, 1.807) is 0 Å². The van der Waals surface area contributed by atoms with Crippen molar-refractivity contribution in [2.75, 3.05) is 11.4 Å². The summed E-state index contributed by atoms with van der Waals surface area (Å²) in [4.78, 5) is 11.0. The maximum atomic E-state index is 5.27. The average molecular weight is 265 g/mol. The van der Waals surface area contributed by atoms with Crippen LogP contribution in [0.2, 0.25) is 0 Å². The molecule has 20 heavy (non-hydrogen) atoms. The number of rotatable bonds is 7. The lowest BCUT2D eigenvalue weighted by Crippen LogP contribution is -2.20. The average Bonchev–Trinajstić information content (AvgIpc) is 2.53. The van der Waals surface area contributed by atoms with Crippen LogP contribution in [0.25, 0.3) is 0 Å². The zero-order chi connectivity index (χ0) is 14.0. The van der Waals surface area contributed by atoms with E-state index in [9.17, 15) is 0 Å². The maximum absolute atomic E-state index is 5.27. The van der Waals surface area contributed by atoms with Gasteiger partial charge in [-0.15, -0.1) is 12.3 Å². The molecule has 0 radical (unpaired) electrons. The fourth-order valence-corrected chi connectivity index (χ4v) is 2.05. The summed E-state index contributed by atoms with van der Waals surface area (Å²) in [7, 11) is 0. The molecule has 0 saturated carbocycles. The Balaban J connectivity index is 2.04. The molecule has 0 unspecified atom stereocenters. The van der Waals surface area contributed by atoms with E-state index in [0.717, 1.165) is 43.9 Å². The van der Waals surface area contributed by atoms with Crippen molar-refractivity contribution in [3.05, 3.63) is 48.8 Å². The molecule has 0 N–H and O–H groups in total. The summed E-state index contributed by atoms with van der Waals surface area (Å²) in [6.07, 6.45) is 13.0. The molecule has 0 aliphatic rings. The summed E-state index contributed by atoms with van der Waals surface area (Å²) in [5.41, 5.74) is 0. The Morgan fingerprint density at radius 1 is 0.900 bits per heavy atom. The summed E-state index contributed by atoms with van der Waals surface area (Å²) in [6, 6.07) is 11.9. The molecule has 0 aromatic carbocycles. The van der Waals surface area contributed by atoms with Crippen molar-refractivity contribution in [3.63, 3.8) is 0 Å². The lowest BCUT2D eigenvalue weighted by atomic mass is 10.2. The first-order chi connectivity index (χ1) is 9.92. The van der Waals surface area contributed by atoms with Crippen molar-refractivity contribution in [2.45, 2.75) is 25.7 Å². The number of anilines is 2. The maximum Gasteiger partial charge on any atom is 0.134 e. The summed E-state index contributed by atoms with van der Waals surface area (Å²) in [6.45, 7) is 0.901. The molecule has 3 nitrogen and oxygen atoms in total. The van der Waals surface area contributed by atoms with Gasteiger partial charge in [-0.05, 0) is 37.1 Å². The van der Waals surface area contributed by atoms with Gasteiger partial charge in [0.15, 0.2) is 0 Å². The third kappa shape index (κ3) is 4.10. The van der Waals surface area contributed by atoms with Crippen molar-refractivity contribution in [1.82, 2.24) is 9.97 Å². The van der Waals surface area contributed by atoms with E-state index < -0.39 is 0 Å². The van der Waals surface area contributed by atoms with Gasteiger partial charge in [0.25, 0.3) is 0 Å².